The molecule has 27 heavy (non-hydrogen) atoms. The largest absolute Gasteiger partial charge is 0.398 e. The summed E-state index contributed by atoms with van der Waals surface area (Å²) >= 11 is 0. The second-order valence-electron chi connectivity index (χ2n) is 6.44. The predicted octanol–water partition coefficient (Wildman–Crippen LogP) is 6.50. The minimum Gasteiger partial charge on any atom is -0.398 e. The summed E-state index contributed by atoms with van der Waals surface area (Å²) in [6, 6.07) is 0. The maximum Gasteiger partial charge on any atom is 0.0871 e. The maximum atomic E-state index is 6.49. The third kappa shape index (κ3) is 9.80. The zero-order valence-corrected chi connectivity index (χ0v) is 18.3. The van der Waals surface area contributed by atoms with Crippen LogP contribution < -0.4 is 5.73 Å². The first-order chi connectivity index (χ1) is 12.9. The molecule has 0 atom stereocenters. The maximum absolute atomic E-state index is 6.49. The lowest BCUT2D eigenvalue weighted by molar-refractivity contribution is 0.951. The first kappa shape index (κ1) is 24.7. The number of allylic oxidation sites excluding steroid dienone is 5. The van der Waals surface area contributed by atoms with E-state index in [2.05, 4.69) is 61.7 Å². The van der Waals surface area contributed by atoms with E-state index < -0.39 is 0 Å². The number of rotatable bonds is 9. The molecule has 0 rings (SSSR count). The van der Waals surface area contributed by atoms with Crippen molar-refractivity contribution >= 4 is 11.9 Å². The van der Waals surface area contributed by atoms with Crippen LogP contribution in [-0.2, 0) is 0 Å². The Morgan fingerprint density at radius 2 is 1.67 bits per heavy atom. The van der Waals surface area contributed by atoms with Gasteiger partial charge < -0.3 is 5.73 Å². The van der Waals surface area contributed by atoms with Crippen LogP contribution in [0, 0.1) is 11.8 Å². The van der Waals surface area contributed by atoms with Crippen molar-refractivity contribution in [1.82, 2.24) is 0 Å². The van der Waals surface area contributed by atoms with Crippen LogP contribution in [0.15, 0.2) is 56.5 Å². The lowest BCUT2D eigenvalue weighted by atomic mass is 9.96. The van der Waals surface area contributed by atoms with Gasteiger partial charge in [-0.2, -0.15) is 0 Å². The average molecular weight is 368 g/mol. The van der Waals surface area contributed by atoms with Crippen LogP contribution in [0.5, 0.6) is 0 Å². The lowest BCUT2D eigenvalue weighted by Crippen LogP contribution is -2.08. The highest BCUT2D eigenvalue weighted by Crippen LogP contribution is 2.25. The molecule has 0 aliphatic heterocycles. The molecule has 0 aromatic rings. The van der Waals surface area contributed by atoms with Crippen molar-refractivity contribution < 1.29 is 0 Å². The second-order valence-corrected chi connectivity index (χ2v) is 6.44. The number of nitrogens with two attached hydrogens (primary N) is 1. The summed E-state index contributed by atoms with van der Waals surface area (Å²) in [4.78, 5) is 8.88. The SMILES string of the molecule is CC=N/C(C)=C(C(/C#CC(C)=N/C=C\CCC)=C\CCC)\C(N)=C(/C)CC. The molecule has 0 bridgehead atoms. The number of unbranched alkanes of at least 4 members (excludes halogenated alkanes) is 2. The highest BCUT2D eigenvalue weighted by Gasteiger charge is 2.12. The number of hydrogen-bond donors (Lipinski definition) is 1. The van der Waals surface area contributed by atoms with E-state index in [1.807, 2.05) is 27.0 Å². The molecule has 0 spiro atoms. The van der Waals surface area contributed by atoms with Gasteiger partial charge in [0.25, 0.3) is 0 Å². The van der Waals surface area contributed by atoms with Crippen LogP contribution in [0.25, 0.3) is 0 Å². The normalized spacial score (nSPS) is 14.9. The van der Waals surface area contributed by atoms with E-state index in [1.54, 1.807) is 6.21 Å². The summed E-state index contributed by atoms with van der Waals surface area (Å²) < 4.78 is 0. The lowest BCUT2D eigenvalue weighted by Gasteiger charge is -2.13. The predicted molar refractivity (Wildman–Crippen MR) is 122 cm³/mol. The molecule has 0 radical (unpaired) electrons. The Bertz CT molecular complexity index is 702. The van der Waals surface area contributed by atoms with E-state index in [1.165, 1.54) is 0 Å². The molecule has 0 aromatic carbocycles. The summed E-state index contributed by atoms with van der Waals surface area (Å²) in [7, 11) is 0. The Labute approximate surface area is 167 Å². The van der Waals surface area contributed by atoms with Crippen LogP contribution >= 0.6 is 0 Å². The van der Waals surface area contributed by atoms with E-state index in [0.29, 0.717) is 0 Å². The standard InChI is InChI=1S/C24H37N3/c1-8-12-14-18-27-20(6)16-17-22(15-13-9-2)23(21(7)26-11-4)24(25)19(5)10-3/h11,14-15,18H,8-10,12-13,25H2,1-7H3/b18-14-,22-15-,23-21-,24-19-,26-11?,27-20?. The summed E-state index contributed by atoms with van der Waals surface area (Å²) in [6.07, 6.45) is 12.9. The van der Waals surface area contributed by atoms with Crippen molar-refractivity contribution in [2.75, 3.05) is 0 Å². The minimum absolute atomic E-state index is 0.773. The Morgan fingerprint density at radius 1 is 1.00 bits per heavy atom. The third-order valence-electron chi connectivity index (χ3n) is 4.06. The van der Waals surface area contributed by atoms with Gasteiger partial charge in [0.05, 0.1) is 5.71 Å². The van der Waals surface area contributed by atoms with Gasteiger partial charge in [-0.05, 0) is 58.5 Å². The Balaban J connectivity index is 6.18. The molecule has 0 aromatic heterocycles. The van der Waals surface area contributed by atoms with Gasteiger partial charge in [-0.1, -0.05) is 51.7 Å². The Kier molecular flexibility index (Phi) is 13.5. The molecule has 0 aliphatic rings. The van der Waals surface area contributed by atoms with Gasteiger partial charge >= 0.3 is 0 Å². The molecule has 0 heterocycles. The van der Waals surface area contributed by atoms with Crippen LogP contribution in [0.3, 0.4) is 0 Å². The highest BCUT2D eigenvalue weighted by molar-refractivity contribution is 5.99. The zero-order valence-electron chi connectivity index (χ0n) is 18.3. The van der Waals surface area contributed by atoms with Crippen LogP contribution in [0.2, 0.25) is 0 Å². The van der Waals surface area contributed by atoms with Crippen molar-refractivity contribution in [3.05, 3.63) is 46.5 Å². The summed E-state index contributed by atoms with van der Waals surface area (Å²) in [5.41, 5.74) is 11.9. The third-order valence-corrected chi connectivity index (χ3v) is 4.06. The Hall–Kier alpha value is -2.34. The molecule has 0 saturated carbocycles. The van der Waals surface area contributed by atoms with Gasteiger partial charge in [-0.25, -0.2) is 0 Å². The van der Waals surface area contributed by atoms with Crippen molar-refractivity contribution in [2.24, 2.45) is 15.7 Å². The van der Waals surface area contributed by atoms with Crippen LogP contribution in [-0.4, -0.2) is 11.9 Å². The smallest absolute Gasteiger partial charge is 0.0871 e. The molecule has 0 fully saturated rings. The van der Waals surface area contributed by atoms with Crippen molar-refractivity contribution in [1.29, 1.82) is 0 Å². The molecule has 2 N–H and O–H groups in total. The first-order valence-electron chi connectivity index (χ1n) is 9.99. The molecule has 148 valence electrons. The Morgan fingerprint density at radius 3 is 2.22 bits per heavy atom. The monoisotopic (exact) mass is 367 g/mol. The molecule has 0 saturated heterocycles. The topological polar surface area (TPSA) is 50.7 Å². The quantitative estimate of drug-likeness (QED) is 0.282. The fourth-order valence-electron chi connectivity index (χ4n) is 2.30. The van der Waals surface area contributed by atoms with Gasteiger partial charge in [0.1, 0.15) is 0 Å². The summed E-state index contributed by atoms with van der Waals surface area (Å²) in [5.74, 6) is 6.47. The first-order valence-corrected chi connectivity index (χ1v) is 9.99. The van der Waals surface area contributed by atoms with Gasteiger partial charge in [-0.15, -0.1) is 0 Å². The fourth-order valence-corrected chi connectivity index (χ4v) is 2.30. The zero-order chi connectivity index (χ0) is 20.7. The molecule has 3 nitrogen and oxygen atoms in total. The van der Waals surface area contributed by atoms with E-state index in [9.17, 15) is 0 Å². The fraction of sp³-hybridized carbons (Fsp3) is 0.500. The number of nitrogens with zero attached hydrogens (tertiary/aromatic N) is 2. The molecule has 0 unspecified atom stereocenters. The average Bonchev–Trinajstić information content (AvgIpc) is 2.66. The van der Waals surface area contributed by atoms with Crippen LogP contribution in [0.4, 0.5) is 0 Å². The molecule has 0 aliphatic carbocycles. The van der Waals surface area contributed by atoms with Crippen molar-refractivity contribution in [3.8, 4) is 11.8 Å². The number of aliphatic imine (C=N–C) groups is 2. The molecular formula is C24H37N3. The van der Waals surface area contributed by atoms with Crippen LogP contribution in [0.1, 0.15) is 80.6 Å². The van der Waals surface area contributed by atoms with Crippen molar-refractivity contribution in [2.45, 2.75) is 80.6 Å². The molecular weight excluding hydrogens is 330 g/mol. The minimum atomic E-state index is 0.773. The number of hydrogen-bond acceptors (Lipinski definition) is 3. The van der Waals surface area contributed by atoms with Gasteiger partial charge in [-0.3, -0.25) is 9.98 Å². The van der Waals surface area contributed by atoms with E-state index in [-0.39, 0.29) is 0 Å². The molecule has 3 heteroatoms. The highest BCUT2D eigenvalue weighted by atomic mass is 14.7. The molecule has 0 amide bonds. The summed E-state index contributed by atoms with van der Waals surface area (Å²) in [5, 5.41) is 0. The van der Waals surface area contributed by atoms with Gasteiger partial charge in [0, 0.05) is 35.0 Å². The van der Waals surface area contributed by atoms with E-state index in [4.69, 9.17) is 5.73 Å². The van der Waals surface area contributed by atoms with Crippen molar-refractivity contribution in [3.63, 3.8) is 0 Å². The summed E-state index contributed by atoms with van der Waals surface area (Å²) in [6.45, 7) is 14.3. The van der Waals surface area contributed by atoms with E-state index >= 15 is 0 Å². The van der Waals surface area contributed by atoms with E-state index in [0.717, 1.165) is 65.9 Å². The van der Waals surface area contributed by atoms with Gasteiger partial charge in [0.2, 0.25) is 0 Å². The second kappa shape index (κ2) is 14.8. The van der Waals surface area contributed by atoms with Gasteiger partial charge in [0.15, 0.2) is 0 Å².